The van der Waals surface area contributed by atoms with E-state index < -0.39 is 0 Å². The molecule has 0 bridgehead atoms. The Hall–Kier alpha value is -6.39. The minimum Gasteiger partial charge on any atom is -0.455 e. The van der Waals surface area contributed by atoms with Gasteiger partial charge < -0.3 is 4.42 Å². The Morgan fingerprint density at radius 2 is 0.830 bits per heavy atom. The highest BCUT2D eigenvalue weighted by Gasteiger charge is 2.25. The van der Waals surface area contributed by atoms with E-state index in [1.54, 1.807) is 0 Å². The maximum Gasteiger partial charge on any atom is 0.164 e. The van der Waals surface area contributed by atoms with Gasteiger partial charge in [0.1, 0.15) is 11.2 Å². The van der Waals surface area contributed by atoms with Crippen molar-refractivity contribution in [3.63, 3.8) is 0 Å². The molecule has 47 heavy (non-hydrogen) atoms. The molecule has 0 spiro atoms. The molecule has 1 aliphatic carbocycles. The Balaban J connectivity index is 1.25. The van der Waals surface area contributed by atoms with E-state index in [0.29, 0.717) is 17.5 Å². The quantitative estimate of drug-likeness (QED) is 0.202. The lowest BCUT2D eigenvalue weighted by Crippen LogP contribution is -2.00. The van der Waals surface area contributed by atoms with Gasteiger partial charge in [-0.15, -0.1) is 0 Å². The Morgan fingerprint density at radius 3 is 1.55 bits per heavy atom. The van der Waals surface area contributed by atoms with E-state index in [-0.39, 0.29) is 0 Å². The van der Waals surface area contributed by atoms with Gasteiger partial charge in [-0.1, -0.05) is 133 Å². The Labute approximate surface area is 270 Å². The molecule has 2 heterocycles. The summed E-state index contributed by atoms with van der Waals surface area (Å²) >= 11 is 0. The molecule has 0 aliphatic heterocycles. The van der Waals surface area contributed by atoms with Crippen molar-refractivity contribution in [1.29, 1.82) is 0 Å². The van der Waals surface area contributed by atoms with Gasteiger partial charge in [0.05, 0.1) is 0 Å². The van der Waals surface area contributed by atoms with Gasteiger partial charge in [-0.05, 0) is 56.8 Å². The third-order valence-corrected chi connectivity index (χ3v) is 9.30. The van der Waals surface area contributed by atoms with Crippen LogP contribution in [0.2, 0.25) is 0 Å². The van der Waals surface area contributed by atoms with E-state index in [2.05, 4.69) is 78.9 Å². The zero-order valence-electron chi connectivity index (χ0n) is 25.2. The van der Waals surface area contributed by atoms with Crippen LogP contribution in [0.3, 0.4) is 0 Å². The predicted molar refractivity (Wildman–Crippen MR) is 191 cm³/mol. The number of rotatable bonds is 4. The molecule has 0 saturated carbocycles. The van der Waals surface area contributed by atoms with Gasteiger partial charge >= 0.3 is 0 Å². The van der Waals surface area contributed by atoms with Crippen LogP contribution in [-0.4, -0.2) is 15.0 Å². The highest BCUT2D eigenvalue weighted by Crippen LogP contribution is 2.50. The van der Waals surface area contributed by atoms with Crippen molar-refractivity contribution in [3.8, 4) is 67.5 Å². The van der Waals surface area contributed by atoms with Crippen LogP contribution in [0.25, 0.3) is 100 Å². The summed E-state index contributed by atoms with van der Waals surface area (Å²) in [4.78, 5) is 15.1. The summed E-state index contributed by atoms with van der Waals surface area (Å²) < 4.78 is 6.75. The topological polar surface area (TPSA) is 51.8 Å². The van der Waals surface area contributed by atoms with Crippen LogP contribution in [0, 0.1) is 0 Å². The fourth-order valence-corrected chi connectivity index (χ4v) is 7.20. The molecule has 9 aromatic rings. The molecule has 0 radical (unpaired) electrons. The maximum absolute atomic E-state index is 6.75. The molecule has 0 fully saturated rings. The average Bonchev–Trinajstić information content (AvgIpc) is 3.70. The van der Waals surface area contributed by atoms with Crippen LogP contribution >= 0.6 is 0 Å². The minimum absolute atomic E-state index is 0.608. The number of benzene rings is 7. The standard InChI is InChI=1S/C43H25N3O/c1-3-12-26(13-4-1)41-44-42(27-14-5-2-6-15-27)46-43(45-41)36-25-24-34(40-39(36)35-18-9-10-21-37(35)47-40)30-22-23-33-29-17-8-7-16-28(29)31-19-11-20-32(30)38(31)33/h1-25H. The monoisotopic (exact) mass is 599 g/mol. The molecule has 4 nitrogen and oxygen atoms in total. The molecule has 10 rings (SSSR count). The van der Waals surface area contributed by atoms with E-state index in [9.17, 15) is 0 Å². The Kier molecular flexibility index (Phi) is 5.54. The Bertz CT molecular complexity index is 2590. The lowest BCUT2D eigenvalue weighted by molar-refractivity contribution is 0.670. The number of aromatic nitrogens is 3. The molecule has 0 amide bonds. The second kappa shape index (κ2) is 10.1. The van der Waals surface area contributed by atoms with Crippen molar-refractivity contribution >= 4 is 32.7 Å². The first-order valence-electron chi connectivity index (χ1n) is 15.8. The molecule has 0 atom stereocenters. The van der Waals surface area contributed by atoms with E-state index in [1.807, 2.05) is 72.8 Å². The first-order valence-corrected chi connectivity index (χ1v) is 15.8. The first-order chi connectivity index (χ1) is 23.3. The molecule has 218 valence electrons. The number of para-hydroxylation sites is 1. The highest BCUT2D eigenvalue weighted by atomic mass is 16.3. The summed E-state index contributed by atoms with van der Waals surface area (Å²) in [5, 5.41) is 4.52. The van der Waals surface area contributed by atoms with Gasteiger partial charge in [-0.3, -0.25) is 0 Å². The SMILES string of the molecule is c1ccc(-c2nc(-c3ccccc3)nc(-c3ccc(-c4ccc5c6c(cccc46)-c4ccccc4-5)c4oc5ccccc5c34)n2)cc1. The molecule has 4 heteroatoms. The summed E-state index contributed by atoms with van der Waals surface area (Å²) in [6.45, 7) is 0. The number of fused-ring (bicyclic) bond motifs is 6. The fraction of sp³-hybridized carbons (Fsp3) is 0. The zero-order chi connectivity index (χ0) is 30.9. The molecular formula is C43H25N3O. The van der Waals surface area contributed by atoms with Crippen LogP contribution in [0.15, 0.2) is 156 Å². The average molecular weight is 600 g/mol. The summed E-state index contributed by atoms with van der Waals surface area (Å²) in [5.74, 6) is 1.87. The van der Waals surface area contributed by atoms with Crippen LogP contribution in [0.1, 0.15) is 0 Å². The fourth-order valence-electron chi connectivity index (χ4n) is 7.20. The van der Waals surface area contributed by atoms with Gasteiger partial charge in [0, 0.05) is 33.0 Å². The smallest absolute Gasteiger partial charge is 0.164 e. The van der Waals surface area contributed by atoms with E-state index in [4.69, 9.17) is 19.4 Å². The third kappa shape index (κ3) is 3.92. The van der Waals surface area contributed by atoms with Gasteiger partial charge in [-0.2, -0.15) is 0 Å². The summed E-state index contributed by atoms with van der Waals surface area (Å²) in [5.41, 5.74) is 11.7. The van der Waals surface area contributed by atoms with Crippen LogP contribution in [0.5, 0.6) is 0 Å². The van der Waals surface area contributed by atoms with Crippen molar-refractivity contribution in [2.75, 3.05) is 0 Å². The van der Waals surface area contributed by atoms with Crippen molar-refractivity contribution in [1.82, 2.24) is 15.0 Å². The summed E-state index contributed by atoms with van der Waals surface area (Å²) in [7, 11) is 0. The number of nitrogens with zero attached hydrogens (tertiary/aromatic N) is 3. The number of hydrogen-bond acceptors (Lipinski definition) is 4. The second-order valence-electron chi connectivity index (χ2n) is 11.9. The third-order valence-electron chi connectivity index (χ3n) is 9.30. The van der Waals surface area contributed by atoms with Gasteiger partial charge in [-0.25, -0.2) is 15.0 Å². The maximum atomic E-state index is 6.75. The molecule has 0 saturated heterocycles. The highest BCUT2D eigenvalue weighted by molar-refractivity contribution is 6.22. The first kappa shape index (κ1) is 25.9. The molecule has 1 aliphatic rings. The minimum atomic E-state index is 0.608. The lowest BCUT2D eigenvalue weighted by Gasteiger charge is -2.13. The van der Waals surface area contributed by atoms with Crippen molar-refractivity contribution in [3.05, 3.63) is 152 Å². The van der Waals surface area contributed by atoms with Gasteiger partial charge in [0.15, 0.2) is 17.5 Å². The number of furan rings is 1. The Morgan fingerprint density at radius 1 is 0.319 bits per heavy atom. The second-order valence-corrected chi connectivity index (χ2v) is 11.9. The van der Waals surface area contributed by atoms with Crippen LogP contribution in [-0.2, 0) is 0 Å². The van der Waals surface area contributed by atoms with Gasteiger partial charge in [0.25, 0.3) is 0 Å². The molecule has 0 unspecified atom stereocenters. The lowest BCUT2D eigenvalue weighted by atomic mass is 9.92. The largest absolute Gasteiger partial charge is 0.455 e. The van der Waals surface area contributed by atoms with Crippen LogP contribution < -0.4 is 0 Å². The predicted octanol–water partition coefficient (Wildman–Crippen LogP) is 11.2. The van der Waals surface area contributed by atoms with Gasteiger partial charge in [0.2, 0.25) is 0 Å². The summed E-state index contributed by atoms with van der Waals surface area (Å²) in [6.07, 6.45) is 0. The summed E-state index contributed by atoms with van der Waals surface area (Å²) in [6, 6.07) is 52.5. The normalized spacial score (nSPS) is 11.8. The van der Waals surface area contributed by atoms with E-state index in [1.165, 1.54) is 33.0 Å². The van der Waals surface area contributed by atoms with Crippen molar-refractivity contribution in [2.24, 2.45) is 0 Å². The number of hydrogen-bond donors (Lipinski definition) is 0. The molecular weight excluding hydrogens is 574 g/mol. The molecule has 2 aromatic heterocycles. The molecule has 0 N–H and O–H groups in total. The van der Waals surface area contributed by atoms with Crippen LogP contribution in [0.4, 0.5) is 0 Å². The molecule has 7 aromatic carbocycles. The van der Waals surface area contributed by atoms with E-state index >= 15 is 0 Å². The zero-order valence-corrected chi connectivity index (χ0v) is 25.2. The van der Waals surface area contributed by atoms with Crippen molar-refractivity contribution in [2.45, 2.75) is 0 Å². The van der Waals surface area contributed by atoms with E-state index in [0.717, 1.165) is 49.8 Å². The van der Waals surface area contributed by atoms with Crippen molar-refractivity contribution < 1.29 is 4.42 Å².